The fraction of sp³-hybridized carbons (Fsp3) is 0.500. The molecule has 0 bridgehead atoms. The van der Waals surface area contributed by atoms with Gasteiger partial charge in [-0.3, -0.25) is 4.79 Å². The fourth-order valence-electron chi connectivity index (χ4n) is 2.68. The number of carbonyl (C=O) groups excluding carboxylic acids is 1. The Hall–Kier alpha value is -2.03. The zero-order valence-electron chi connectivity index (χ0n) is 15.5. The van der Waals surface area contributed by atoms with Gasteiger partial charge in [0.25, 0.3) is 5.91 Å². The number of benzene rings is 1. The first-order valence-corrected chi connectivity index (χ1v) is 9.87. The third-order valence-electron chi connectivity index (χ3n) is 3.86. The zero-order valence-corrected chi connectivity index (χ0v) is 16.3. The van der Waals surface area contributed by atoms with E-state index in [0.29, 0.717) is 18.8 Å². The van der Waals surface area contributed by atoms with E-state index in [2.05, 4.69) is 33.9 Å². The molecule has 0 atom stereocenters. The Labute approximate surface area is 160 Å². The number of nitrogens with zero attached hydrogens (tertiary/aromatic N) is 3. The number of hydrogen-bond acceptors (Lipinski definition) is 4. The molecule has 0 aliphatic rings. The molecule has 0 aliphatic carbocycles. The van der Waals surface area contributed by atoms with Crippen molar-refractivity contribution in [2.45, 2.75) is 44.6 Å². The van der Waals surface area contributed by atoms with Crippen LogP contribution < -0.4 is 5.32 Å². The highest BCUT2D eigenvalue weighted by atomic mass is 32.2. The number of hydrogen-bond donors (Lipinski definition) is 1. The standard InChI is InChI=1S/C18H23F3N4OS/c1-12(2)11-25-15(23-24-17(25)27-3)9-6-10-22-16(26)13-7-4-5-8-14(13)18(19,20)21/h4-5,7-8,12H,6,9-11H2,1-3H3,(H,22,26). The first-order chi connectivity index (χ1) is 12.7. The zero-order chi connectivity index (χ0) is 20.0. The monoisotopic (exact) mass is 400 g/mol. The molecule has 148 valence electrons. The molecule has 1 amide bonds. The van der Waals surface area contributed by atoms with Crippen LogP contribution in [0.15, 0.2) is 29.4 Å². The van der Waals surface area contributed by atoms with Crippen LogP contribution in [0.5, 0.6) is 0 Å². The van der Waals surface area contributed by atoms with Gasteiger partial charge in [-0.15, -0.1) is 10.2 Å². The number of rotatable bonds is 8. The van der Waals surface area contributed by atoms with Gasteiger partial charge in [0, 0.05) is 19.5 Å². The number of amides is 1. The van der Waals surface area contributed by atoms with Crippen LogP contribution in [0.25, 0.3) is 0 Å². The normalized spacial score (nSPS) is 11.8. The summed E-state index contributed by atoms with van der Waals surface area (Å²) >= 11 is 1.52. The molecule has 0 spiro atoms. The summed E-state index contributed by atoms with van der Waals surface area (Å²) in [4.78, 5) is 12.1. The van der Waals surface area contributed by atoms with E-state index in [4.69, 9.17) is 0 Å². The Balaban J connectivity index is 1.95. The van der Waals surface area contributed by atoms with Crippen LogP contribution in [0.4, 0.5) is 13.2 Å². The highest BCUT2D eigenvalue weighted by Gasteiger charge is 2.34. The molecular formula is C18H23F3N4OS. The van der Waals surface area contributed by atoms with Crippen LogP contribution in [-0.2, 0) is 19.1 Å². The Morgan fingerprint density at radius 2 is 1.96 bits per heavy atom. The minimum Gasteiger partial charge on any atom is -0.352 e. The maximum atomic E-state index is 13.0. The quantitative estimate of drug-likeness (QED) is 0.537. The van der Waals surface area contributed by atoms with Gasteiger partial charge in [0.2, 0.25) is 0 Å². The number of aryl methyl sites for hydroxylation is 1. The van der Waals surface area contributed by atoms with Crippen LogP contribution in [0.2, 0.25) is 0 Å². The molecule has 2 rings (SSSR count). The molecule has 1 heterocycles. The van der Waals surface area contributed by atoms with E-state index in [9.17, 15) is 18.0 Å². The third kappa shape index (κ3) is 5.72. The SMILES string of the molecule is CSc1nnc(CCCNC(=O)c2ccccc2C(F)(F)F)n1CC(C)C. The number of thioether (sulfide) groups is 1. The van der Waals surface area contributed by atoms with Gasteiger partial charge in [0.1, 0.15) is 5.82 Å². The van der Waals surface area contributed by atoms with Crippen LogP contribution in [0.1, 0.15) is 42.0 Å². The van der Waals surface area contributed by atoms with Crippen molar-refractivity contribution in [2.24, 2.45) is 5.92 Å². The Morgan fingerprint density at radius 3 is 2.59 bits per heavy atom. The molecule has 9 heteroatoms. The number of halogens is 3. The number of aromatic nitrogens is 3. The van der Waals surface area contributed by atoms with Gasteiger partial charge in [-0.25, -0.2) is 0 Å². The third-order valence-corrected chi connectivity index (χ3v) is 4.53. The first-order valence-electron chi connectivity index (χ1n) is 8.64. The smallest absolute Gasteiger partial charge is 0.352 e. The van der Waals surface area contributed by atoms with Crippen molar-refractivity contribution >= 4 is 17.7 Å². The number of nitrogens with one attached hydrogen (secondary N) is 1. The van der Waals surface area contributed by atoms with Crippen molar-refractivity contribution in [1.29, 1.82) is 0 Å². The van der Waals surface area contributed by atoms with Gasteiger partial charge in [-0.1, -0.05) is 37.7 Å². The Bertz CT molecular complexity index is 774. The van der Waals surface area contributed by atoms with Crippen molar-refractivity contribution in [1.82, 2.24) is 20.1 Å². The van der Waals surface area contributed by atoms with Crippen LogP contribution >= 0.6 is 11.8 Å². The van der Waals surface area contributed by atoms with E-state index in [1.807, 2.05) is 6.26 Å². The lowest BCUT2D eigenvalue weighted by Crippen LogP contribution is -2.27. The van der Waals surface area contributed by atoms with Crippen LogP contribution in [0.3, 0.4) is 0 Å². The van der Waals surface area contributed by atoms with Crippen LogP contribution in [0, 0.1) is 5.92 Å². The molecular weight excluding hydrogens is 377 g/mol. The van der Waals surface area contributed by atoms with E-state index in [1.165, 1.54) is 30.0 Å². The minimum atomic E-state index is -4.56. The molecule has 0 radical (unpaired) electrons. The van der Waals surface area contributed by atoms with Crippen molar-refractivity contribution in [3.63, 3.8) is 0 Å². The van der Waals surface area contributed by atoms with Crippen molar-refractivity contribution < 1.29 is 18.0 Å². The van der Waals surface area contributed by atoms with Gasteiger partial charge in [0.05, 0.1) is 11.1 Å². The highest BCUT2D eigenvalue weighted by molar-refractivity contribution is 7.98. The summed E-state index contributed by atoms with van der Waals surface area (Å²) < 4.78 is 41.1. The molecule has 0 saturated heterocycles. The second-order valence-corrected chi connectivity index (χ2v) is 7.28. The van der Waals surface area contributed by atoms with E-state index in [1.54, 1.807) is 0 Å². The summed E-state index contributed by atoms with van der Waals surface area (Å²) in [7, 11) is 0. The Kier molecular flexibility index (Phi) is 7.29. The molecule has 27 heavy (non-hydrogen) atoms. The summed E-state index contributed by atoms with van der Waals surface area (Å²) in [6.07, 6.45) is -1.48. The van der Waals surface area contributed by atoms with Crippen molar-refractivity contribution in [2.75, 3.05) is 12.8 Å². The van der Waals surface area contributed by atoms with Gasteiger partial charge >= 0.3 is 6.18 Å². The maximum Gasteiger partial charge on any atom is 0.417 e. The summed E-state index contributed by atoms with van der Waals surface area (Å²) in [5, 5.41) is 11.7. The summed E-state index contributed by atoms with van der Waals surface area (Å²) in [5.74, 6) is 0.526. The van der Waals surface area contributed by atoms with Crippen LogP contribution in [-0.4, -0.2) is 33.5 Å². The van der Waals surface area contributed by atoms with Crippen molar-refractivity contribution in [3.8, 4) is 0 Å². The lowest BCUT2D eigenvalue weighted by atomic mass is 10.1. The lowest BCUT2D eigenvalue weighted by Gasteiger charge is -2.13. The van der Waals surface area contributed by atoms with E-state index >= 15 is 0 Å². The Morgan fingerprint density at radius 1 is 1.26 bits per heavy atom. The molecule has 1 aromatic heterocycles. The fourth-order valence-corrected chi connectivity index (χ4v) is 3.20. The summed E-state index contributed by atoms with van der Waals surface area (Å²) in [6.45, 7) is 5.26. The lowest BCUT2D eigenvalue weighted by molar-refractivity contribution is -0.137. The van der Waals surface area contributed by atoms with Gasteiger partial charge in [0.15, 0.2) is 5.16 Å². The van der Waals surface area contributed by atoms with Gasteiger partial charge < -0.3 is 9.88 Å². The predicted molar refractivity (Wildman–Crippen MR) is 98.7 cm³/mol. The molecule has 5 nitrogen and oxygen atoms in total. The number of carbonyl (C=O) groups is 1. The summed E-state index contributed by atoms with van der Waals surface area (Å²) in [5.41, 5.74) is -1.29. The topological polar surface area (TPSA) is 59.8 Å². The highest BCUT2D eigenvalue weighted by Crippen LogP contribution is 2.31. The van der Waals surface area contributed by atoms with Gasteiger partial charge in [-0.2, -0.15) is 13.2 Å². The molecule has 0 aliphatic heterocycles. The molecule has 0 unspecified atom stereocenters. The second-order valence-electron chi connectivity index (χ2n) is 6.51. The maximum absolute atomic E-state index is 13.0. The largest absolute Gasteiger partial charge is 0.417 e. The molecule has 1 aromatic carbocycles. The molecule has 2 aromatic rings. The molecule has 0 saturated carbocycles. The van der Waals surface area contributed by atoms with E-state index < -0.39 is 17.6 Å². The average Bonchev–Trinajstić information content (AvgIpc) is 2.98. The average molecular weight is 400 g/mol. The van der Waals surface area contributed by atoms with E-state index in [0.717, 1.165) is 23.6 Å². The van der Waals surface area contributed by atoms with Crippen molar-refractivity contribution in [3.05, 3.63) is 41.2 Å². The minimum absolute atomic E-state index is 0.258. The molecule has 0 fully saturated rings. The summed E-state index contributed by atoms with van der Waals surface area (Å²) in [6, 6.07) is 4.78. The number of alkyl halides is 3. The predicted octanol–water partition coefficient (Wildman–Crippen LogP) is 4.04. The second kappa shape index (κ2) is 9.25. The van der Waals surface area contributed by atoms with Gasteiger partial charge in [-0.05, 0) is 30.7 Å². The van der Waals surface area contributed by atoms with E-state index in [-0.39, 0.29) is 12.1 Å². The first kappa shape index (κ1) is 21.3. The molecule has 1 N–H and O–H groups in total.